The lowest BCUT2D eigenvalue weighted by atomic mass is 10.3. The first-order valence-electron chi connectivity index (χ1n) is 5.06. The van der Waals surface area contributed by atoms with Crippen LogP contribution in [0.15, 0.2) is 0 Å². The molecule has 5 nitrogen and oxygen atoms in total. The Bertz CT molecular complexity index is 304. The fourth-order valence-electron chi connectivity index (χ4n) is 2.12. The number of nitrogens with one attached hydrogen (secondary N) is 1. The summed E-state index contributed by atoms with van der Waals surface area (Å²) in [7, 11) is 1.47. The van der Waals surface area contributed by atoms with Gasteiger partial charge in [0.1, 0.15) is 0 Å². The molecule has 1 N–H and O–H groups in total. The first-order valence-corrected chi connectivity index (χ1v) is 8.27. The molecule has 2 heterocycles. The van der Waals surface area contributed by atoms with Gasteiger partial charge in [0, 0.05) is 13.2 Å². The van der Waals surface area contributed by atoms with Crippen LogP contribution in [0.3, 0.4) is 0 Å². The molecule has 1 spiro atoms. The van der Waals surface area contributed by atoms with Crippen molar-refractivity contribution < 1.29 is 13.8 Å². The lowest BCUT2D eigenvalue weighted by Gasteiger charge is -2.33. The minimum atomic E-state index is -2.74. The van der Waals surface area contributed by atoms with E-state index in [1.165, 1.54) is 18.5 Å². The molecule has 2 aliphatic rings. The molecule has 2 aliphatic heterocycles. The average molecular weight is 252 g/mol. The van der Waals surface area contributed by atoms with E-state index in [0.717, 1.165) is 6.54 Å². The van der Waals surface area contributed by atoms with Crippen LogP contribution in [0, 0.1) is 0 Å². The van der Waals surface area contributed by atoms with Crippen LogP contribution in [0.1, 0.15) is 13.8 Å². The lowest BCUT2D eigenvalue weighted by molar-refractivity contribution is -0.0710. The third-order valence-corrected chi connectivity index (χ3v) is 6.97. The van der Waals surface area contributed by atoms with Gasteiger partial charge in [0.25, 0.3) is 0 Å². The molecule has 0 aromatic rings. The highest BCUT2D eigenvalue weighted by Gasteiger charge is 2.55. The van der Waals surface area contributed by atoms with Crippen LogP contribution in [-0.2, 0) is 13.8 Å². The van der Waals surface area contributed by atoms with E-state index >= 15 is 0 Å². The molecule has 0 saturated carbocycles. The highest BCUT2D eigenvalue weighted by Crippen LogP contribution is 2.63. The first kappa shape index (κ1) is 11.9. The molecule has 88 valence electrons. The smallest absolute Gasteiger partial charge is 0.329 e. The van der Waals surface area contributed by atoms with Gasteiger partial charge in [-0.1, -0.05) is 6.92 Å². The molecular formula is C8H17N2O3PS. The van der Waals surface area contributed by atoms with Crippen LogP contribution in [-0.4, -0.2) is 42.8 Å². The fraction of sp³-hybridized carbons (Fsp3) is 1.00. The van der Waals surface area contributed by atoms with Crippen LogP contribution in [0.5, 0.6) is 0 Å². The quantitative estimate of drug-likeness (QED) is 0.751. The van der Waals surface area contributed by atoms with Gasteiger partial charge < -0.3 is 9.26 Å². The first-order chi connectivity index (χ1) is 7.05. The van der Waals surface area contributed by atoms with Crippen LogP contribution in [0.2, 0.25) is 0 Å². The van der Waals surface area contributed by atoms with E-state index in [1.54, 1.807) is 0 Å². The largest absolute Gasteiger partial charge is 0.344 e. The minimum absolute atomic E-state index is 0.353. The summed E-state index contributed by atoms with van der Waals surface area (Å²) in [4.78, 5) is 2.19. The maximum absolute atomic E-state index is 12.0. The normalized spacial score (nSPS) is 46.7. The summed E-state index contributed by atoms with van der Waals surface area (Å²) in [5, 5.41) is 3.02. The second kappa shape index (κ2) is 4.02. The zero-order valence-electron chi connectivity index (χ0n) is 9.23. The van der Waals surface area contributed by atoms with E-state index in [9.17, 15) is 4.57 Å². The maximum Gasteiger partial charge on any atom is 0.329 e. The second-order valence-corrected chi connectivity index (χ2v) is 8.14. The van der Waals surface area contributed by atoms with E-state index in [-0.39, 0.29) is 0 Å². The van der Waals surface area contributed by atoms with Gasteiger partial charge in [0.15, 0.2) is 5.85 Å². The van der Waals surface area contributed by atoms with Gasteiger partial charge in [-0.3, -0.25) is 9.46 Å². The van der Waals surface area contributed by atoms with Gasteiger partial charge in [0.2, 0.25) is 0 Å². The van der Waals surface area contributed by atoms with Crippen molar-refractivity contribution in [1.82, 2.24) is 9.99 Å². The molecule has 0 radical (unpaired) electrons. The number of likely N-dealkylation sites (N-methyl/N-ethyl adjacent to an activating group) is 1. The predicted octanol–water partition coefficient (Wildman–Crippen LogP) is 1.47. The van der Waals surface area contributed by atoms with Crippen LogP contribution >= 0.6 is 18.1 Å². The van der Waals surface area contributed by atoms with Gasteiger partial charge in [-0.25, -0.2) is 0 Å². The molecule has 2 saturated heterocycles. The van der Waals surface area contributed by atoms with Crippen LogP contribution in [0.4, 0.5) is 0 Å². The SMILES string of the molecule is CCN1C(C)COC12CSP(=O)(OC)N2. The number of nitrogens with zero attached hydrogens (tertiary/aromatic N) is 1. The topological polar surface area (TPSA) is 50.8 Å². The third kappa shape index (κ3) is 1.88. The zero-order chi connectivity index (χ0) is 11.1. The number of ether oxygens (including phenoxy) is 1. The molecule has 3 atom stereocenters. The highest BCUT2D eigenvalue weighted by molar-refractivity contribution is 8.56. The Labute approximate surface area is 94.1 Å². The second-order valence-electron chi connectivity index (χ2n) is 3.80. The van der Waals surface area contributed by atoms with Crippen LogP contribution in [0.25, 0.3) is 0 Å². The molecular weight excluding hydrogens is 235 g/mol. The summed E-state index contributed by atoms with van der Waals surface area (Å²) < 4.78 is 22.8. The lowest BCUT2D eigenvalue weighted by Crippen LogP contribution is -2.55. The van der Waals surface area contributed by atoms with Crippen molar-refractivity contribution in [1.29, 1.82) is 0 Å². The van der Waals surface area contributed by atoms with E-state index < -0.39 is 12.6 Å². The molecule has 2 fully saturated rings. The maximum atomic E-state index is 12.0. The predicted molar refractivity (Wildman–Crippen MR) is 60.7 cm³/mol. The molecule has 15 heavy (non-hydrogen) atoms. The van der Waals surface area contributed by atoms with Gasteiger partial charge in [-0.05, 0) is 24.9 Å². The van der Waals surface area contributed by atoms with E-state index in [1.807, 2.05) is 0 Å². The monoisotopic (exact) mass is 252 g/mol. The van der Waals surface area contributed by atoms with Gasteiger partial charge in [-0.15, -0.1) is 0 Å². The third-order valence-electron chi connectivity index (χ3n) is 2.88. The van der Waals surface area contributed by atoms with Gasteiger partial charge in [0.05, 0.1) is 12.4 Å². The van der Waals surface area contributed by atoms with Crippen molar-refractivity contribution in [3.8, 4) is 0 Å². The summed E-state index contributed by atoms with van der Waals surface area (Å²) >= 11 is 1.32. The highest BCUT2D eigenvalue weighted by atomic mass is 32.7. The zero-order valence-corrected chi connectivity index (χ0v) is 10.9. The van der Waals surface area contributed by atoms with Crippen molar-refractivity contribution >= 4 is 18.1 Å². The Hall–Kier alpha value is 0.420. The summed E-state index contributed by atoms with van der Waals surface area (Å²) in [6.45, 7) is 2.99. The standard InChI is InChI=1S/C8H17N2O3PS/c1-4-10-7(2)5-13-8(10)6-15-14(11,9-8)12-3/h7H,4-6H2,1-3H3,(H,9,11). The molecule has 7 heteroatoms. The Kier molecular flexibility index (Phi) is 3.19. The van der Waals surface area contributed by atoms with Crippen molar-refractivity contribution in [2.24, 2.45) is 0 Å². The number of hydrogen-bond donors (Lipinski definition) is 1. The fourth-order valence-corrected chi connectivity index (χ4v) is 5.83. The molecule has 2 rings (SSSR count). The minimum Gasteiger partial charge on any atom is -0.344 e. The molecule has 3 unspecified atom stereocenters. The summed E-state index contributed by atoms with van der Waals surface area (Å²) in [5.41, 5.74) is 0. The Morgan fingerprint density at radius 3 is 3.07 bits per heavy atom. The van der Waals surface area contributed by atoms with Crippen molar-refractivity contribution in [2.45, 2.75) is 25.7 Å². The van der Waals surface area contributed by atoms with E-state index in [0.29, 0.717) is 18.4 Å². The van der Waals surface area contributed by atoms with E-state index in [4.69, 9.17) is 9.26 Å². The van der Waals surface area contributed by atoms with Gasteiger partial charge >= 0.3 is 6.72 Å². The average Bonchev–Trinajstić information content (AvgIpc) is 2.71. The summed E-state index contributed by atoms with van der Waals surface area (Å²) in [5.74, 6) is 0.0701. The molecule has 0 amide bonds. The Balaban J connectivity index is 2.19. The van der Waals surface area contributed by atoms with Crippen molar-refractivity contribution in [3.05, 3.63) is 0 Å². The summed E-state index contributed by atoms with van der Waals surface area (Å²) in [6.07, 6.45) is 0. The molecule has 0 aromatic carbocycles. The molecule has 0 aromatic heterocycles. The summed E-state index contributed by atoms with van der Waals surface area (Å²) in [6, 6.07) is 0.353. The van der Waals surface area contributed by atoms with Crippen molar-refractivity contribution in [2.75, 3.05) is 26.0 Å². The van der Waals surface area contributed by atoms with Crippen LogP contribution < -0.4 is 5.09 Å². The molecule has 0 aliphatic carbocycles. The number of hydrogen-bond acceptors (Lipinski definition) is 5. The Morgan fingerprint density at radius 2 is 2.53 bits per heavy atom. The van der Waals surface area contributed by atoms with Crippen molar-refractivity contribution in [3.63, 3.8) is 0 Å². The Morgan fingerprint density at radius 1 is 1.80 bits per heavy atom. The number of rotatable bonds is 2. The molecule has 0 bridgehead atoms. The van der Waals surface area contributed by atoms with E-state index in [2.05, 4.69) is 23.8 Å². The van der Waals surface area contributed by atoms with Gasteiger partial charge in [-0.2, -0.15) is 5.09 Å².